The van der Waals surface area contributed by atoms with Crippen molar-refractivity contribution in [2.45, 2.75) is 6.54 Å². The first-order valence-electron chi connectivity index (χ1n) is 6.24. The Balaban J connectivity index is 2.02. The molecule has 0 aliphatic carbocycles. The van der Waals surface area contributed by atoms with E-state index in [1.54, 1.807) is 12.4 Å². The van der Waals surface area contributed by atoms with Crippen LogP contribution in [0.4, 0.5) is 11.8 Å². The summed E-state index contributed by atoms with van der Waals surface area (Å²) in [6.45, 7) is 0.461. The Labute approximate surface area is 118 Å². The molecule has 3 N–H and O–H groups in total. The van der Waals surface area contributed by atoms with Gasteiger partial charge >= 0.3 is 0 Å². The summed E-state index contributed by atoms with van der Waals surface area (Å²) in [5.41, 5.74) is 6.81. The van der Waals surface area contributed by atoms with Crippen molar-refractivity contribution < 1.29 is 0 Å². The number of guanidine groups is 1. The van der Waals surface area contributed by atoms with Gasteiger partial charge in [-0.15, -0.1) is 0 Å². The van der Waals surface area contributed by atoms with E-state index in [0.29, 0.717) is 18.3 Å². The maximum Gasteiger partial charge on any atom is 0.204 e. The molecule has 7 nitrogen and oxygen atoms in total. The molecule has 0 saturated carbocycles. The van der Waals surface area contributed by atoms with Gasteiger partial charge in [0, 0.05) is 27.3 Å². The molecule has 7 heteroatoms. The van der Waals surface area contributed by atoms with Crippen LogP contribution in [0.25, 0.3) is 0 Å². The number of imidazole rings is 1. The topological polar surface area (TPSA) is 84.4 Å². The van der Waals surface area contributed by atoms with Gasteiger partial charge in [0.15, 0.2) is 5.96 Å². The molecule has 2 aromatic heterocycles. The van der Waals surface area contributed by atoms with Crippen molar-refractivity contribution in [3.05, 3.63) is 36.3 Å². The molecule has 0 bridgehead atoms. The van der Waals surface area contributed by atoms with E-state index in [0.717, 1.165) is 11.6 Å². The highest BCUT2D eigenvalue weighted by Crippen LogP contribution is 2.11. The number of hydrogen-bond acceptors (Lipinski definition) is 4. The number of nitrogens with two attached hydrogens (primary N) is 1. The van der Waals surface area contributed by atoms with E-state index in [-0.39, 0.29) is 0 Å². The first-order chi connectivity index (χ1) is 9.58. The third-order valence-electron chi connectivity index (χ3n) is 2.79. The van der Waals surface area contributed by atoms with Crippen molar-refractivity contribution in [3.63, 3.8) is 0 Å². The van der Waals surface area contributed by atoms with E-state index < -0.39 is 0 Å². The van der Waals surface area contributed by atoms with E-state index in [1.165, 1.54) is 0 Å². The Hall–Kier alpha value is -2.57. The Bertz CT molecular complexity index is 586. The molecule has 20 heavy (non-hydrogen) atoms. The molecule has 0 spiro atoms. The van der Waals surface area contributed by atoms with Crippen molar-refractivity contribution in [2.75, 3.05) is 24.3 Å². The number of rotatable bonds is 4. The lowest BCUT2D eigenvalue weighted by Crippen LogP contribution is -2.23. The van der Waals surface area contributed by atoms with Crippen LogP contribution in [0.2, 0.25) is 0 Å². The second kappa shape index (κ2) is 6.05. The molecule has 0 fully saturated rings. The van der Waals surface area contributed by atoms with Crippen LogP contribution in [0, 0.1) is 0 Å². The minimum absolute atomic E-state index is 0.330. The van der Waals surface area contributed by atoms with E-state index in [1.807, 2.05) is 48.8 Å². The Kier molecular flexibility index (Phi) is 4.19. The fourth-order valence-corrected chi connectivity index (χ4v) is 1.77. The smallest absolute Gasteiger partial charge is 0.204 e. The third kappa shape index (κ3) is 3.25. The highest BCUT2D eigenvalue weighted by Gasteiger charge is 2.07. The lowest BCUT2D eigenvalue weighted by atomic mass is 10.4. The monoisotopic (exact) mass is 273 g/mol. The fraction of sp³-hybridized carbons (Fsp3) is 0.308. The molecule has 0 radical (unpaired) electrons. The summed E-state index contributed by atoms with van der Waals surface area (Å²) in [4.78, 5) is 14.7. The molecule has 0 amide bonds. The van der Waals surface area contributed by atoms with Crippen LogP contribution in [-0.2, 0) is 13.6 Å². The van der Waals surface area contributed by atoms with Gasteiger partial charge in [-0.3, -0.25) is 0 Å². The molecule has 106 valence electrons. The Morgan fingerprint density at radius 1 is 1.40 bits per heavy atom. The average molecular weight is 273 g/mol. The van der Waals surface area contributed by atoms with Crippen molar-refractivity contribution in [1.29, 1.82) is 0 Å². The number of pyridine rings is 1. The molecule has 2 aromatic rings. The molecular formula is C13H19N7. The molecule has 0 saturated heterocycles. The van der Waals surface area contributed by atoms with Crippen LogP contribution in [0.1, 0.15) is 5.69 Å². The standard InChI is InChI=1S/C13H19N7/c1-19(2)13-17-9-10(20(13)3)8-16-12(14)18-11-6-4-5-7-15-11/h4-7,9H,8H2,1-3H3,(H3,14,15,16,18). The molecule has 2 heterocycles. The van der Waals surface area contributed by atoms with E-state index in [4.69, 9.17) is 5.73 Å². The lowest BCUT2D eigenvalue weighted by molar-refractivity contribution is 0.801. The maximum absolute atomic E-state index is 5.83. The Morgan fingerprint density at radius 2 is 2.20 bits per heavy atom. The summed E-state index contributed by atoms with van der Waals surface area (Å²) in [6.07, 6.45) is 3.49. The van der Waals surface area contributed by atoms with Crippen LogP contribution in [0.3, 0.4) is 0 Å². The predicted octanol–water partition coefficient (Wildman–Crippen LogP) is 0.808. The van der Waals surface area contributed by atoms with Gasteiger partial charge in [0.1, 0.15) is 5.82 Å². The van der Waals surface area contributed by atoms with Gasteiger partial charge < -0.3 is 20.5 Å². The van der Waals surface area contributed by atoms with Gasteiger partial charge in [-0.2, -0.15) is 0 Å². The molecule has 0 unspecified atom stereocenters. The lowest BCUT2D eigenvalue weighted by Gasteiger charge is -2.12. The predicted molar refractivity (Wildman–Crippen MR) is 80.7 cm³/mol. The van der Waals surface area contributed by atoms with E-state index >= 15 is 0 Å². The van der Waals surface area contributed by atoms with Gasteiger partial charge in [-0.05, 0) is 12.1 Å². The number of nitrogens with zero attached hydrogens (tertiary/aromatic N) is 5. The van der Waals surface area contributed by atoms with Crippen LogP contribution in [0.15, 0.2) is 35.6 Å². The highest BCUT2D eigenvalue weighted by atomic mass is 15.3. The van der Waals surface area contributed by atoms with Crippen LogP contribution in [-0.4, -0.2) is 34.6 Å². The van der Waals surface area contributed by atoms with Crippen LogP contribution < -0.4 is 16.0 Å². The SMILES string of the molecule is CN(C)c1ncc(CN=C(N)Nc2ccccn2)n1C. The number of aromatic nitrogens is 3. The minimum Gasteiger partial charge on any atom is -0.370 e. The van der Waals surface area contributed by atoms with Crippen molar-refractivity contribution in [3.8, 4) is 0 Å². The van der Waals surface area contributed by atoms with Crippen molar-refractivity contribution in [2.24, 2.45) is 17.8 Å². The summed E-state index contributed by atoms with van der Waals surface area (Å²) in [7, 11) is 5.86. The van der Waals surface area contributed by atoms with Crippen molar-refractivity contribution in [1.82, 2.24) is 14.5 Å². The number of anilines is 2. The number of hydrogen-bond donors (Lipinski definition) is 2. The summed E-state index contributed by atoms with van der Waals surface area (Å²) in [5.74, 6) is 1.88. The van der Waals surface area contributed by atoms with Crippen LogP contribution >= 0.6 is 0 Å². The van der Waals surface area contributed by atoms with E-state index in [2.05, 4.69) is 20.3 Å². The van der Waals surface area contributed by atoms with Gasteiger partial charge in [0.25, 0.3) is 0 Å². The minimum atomic E-state index is 0.330. The quantitative estimate of drug-likeness (QED) is 0.636. The van der Waals surface area contributed by atoms with Crippen LogP contribution in [0.5, 0.6) is 0 Å². The highest BCUT2D eigenvalue weighted by molar-refractivity contribution is 5.91. The first-order valence-corrected chi connectivity index (χ1v) is 6.24. The van der Waals surface area contributed by atoms with Gasteiger partial charge in [-0.1, -0.05) is 6.07 Å². The molecule has 2 rings (SSSR count). The molecule has 0 aromatic carbocycles. The van der Waals surface area contributed by atoms with Crippen molar-refractivity contribution >= 4 is 17.7 Å². The summed E-state index contributed by atoms with van der Waals surface area (Å²) in [6, 6.07) is 5.56. The molecule has 0 aliphatic rings. The summed E-state index contributed by atoms with van der Waals surface area (Å²) >= 11 is 0. The van der Waals surface area contributed by atoms with Gasteiger partial charge in [0.2, 0.25) is 5.95 Å². The zero-order chi connectivity index (χ0) is 14.5. The molecule has 0 atom stereocenters. The molecule has 0 aliphatic heterocycles. The van der Waals surface area contributed by atoms with Gasteiger partial charge in [-0.25, -0.2) is 15.0 Å². The second-order valence-corrected chi connectivity index (χ2v) is 4.54. The zero-order valence-corrected chi connectivity index (χ0v) is 11.9. The third-order valence-corrected chi connectivity index (χ3v) is 2.79. The number of nitrogens with one attached hydrogen (secondary N) is 1. The fourth-order valence-electron chi connectivity index (χ4n) is 1.77. The summed E-state index contributed by atoms with van der Waals surface area (Å²) in [5, 5.41) is 2.94. The Morgan fingerprint density at radius 3 is 2.80 bits per heavy atom. The first kappa shape index (κ1) is 13.9. The van der Waals surface area contributed by atoms with Gasteiger partial charge in [0.05, 0.1) is 18.4 Å². The summed E-state index contributed by atoms with van der Waals surface area (Å²) < 4.78 is 1.98. The molecular weight excluding hydrogens is 254 g/mol. The number of aliphatic imine (C=N–C) groups is 1. The zero-order valence-electron chi connectivity index (χ0n) is 11.9. The largest absolute Gasteiger partial charge is 0.370 e. The maximum atomic E-state index is 5.83. The second-order valence-electron chi connectivity index (χ2n) is 4.54. The average Bonchev–Trinajstić information content (AvgIpc) is 2.79. The van der Waals surface area contributed by atoms with E-state index in [9.17, 15) is 0 Å². The normalized spacial score (nSPS) is 11.4.